The van der Waals surface area contributed by atoms with Crippen LogP contribution in [0.2, 0.25) is 0 Å². The fraction of sp³-hybridized carbons (Fsp3) is 0.333. The number of hydrogen-bond donors (Lipinski definition) is 2. The number of halogens is 3. The molecule has 1 aliphatic heterocycles. The van der Waals surface area contributed by atoms with Crippen molar-refractivity contribution in [3.05, 3.63) is 53.6 Å². The van der Waals surface area contributed by atoms with E-state index in [0.717, 1.165) is 17.0 Å². The quantitative estimate of drug-likeness (QED) is 0.643. The van der Waals surface area contributed by atoms with E-state index < -0.39 is 38.8 Å². The number of likely N-dealkylation sites (tertiary alicyclic amines) is 1. The van der Waals surface area contributed by atoms with Crippen molar-refractivity contribution in [2.75, 3.05) is 13.1 Å². The number of ketones is 1. The molecule has 0 spiro atoms. The molecule has 1 heterocycles. The lowest BCUT2D eigenvalue weighted by atomic mass is 9.96. The number of amides is 1. The van der Waals surface area contributed by atoms with Gasteiger partial charge in [0.1, 0.15) is 0 Å². The number of piperidine rings is 1. The average molecular weight is 470 g/mol. The summed E-state index contributed by atoms with van der Waals surface area (Å²) in [5, 5.41) is 8.98. The minimum atomic E-state index is -4.96. The highest BCUT2D eigenvalue weighted by Gasteiger charge is 2.38. The normalized spacial score (nSPS) is 15.6. The van der Waals surface area contributed by atoms with Crippen LogP contribution < -0.4 is 4.72 Å². The summed E-state index contributed by atoms with van der Waals surface area (Å²) in [4.78, 5) is 23.0. The maximum Gasteiger partial charge on any atom is 0.417 e. The van der Waals surface area contributed by atoms with Gasteiger partial charge in [-0.1, -0.05) is 30.3 Å². The van der Waals surface area contributed by atoms with Gasteiger partial charge in [-0.2, -0.15) is 13.2 Å². The number of benzene rings is 2. The first-order chi connectivity index (χ1) is 14.9. The molecule has 1 aliphatic rings. The summed E-state index contributed by atoms with van der Waals surface area (Å²) in [6.07, 6.45) is -5.79. The molecule has 0 unspecified atom stereocenters. The third-order valence-electron chi connectivity index (χ3n) is 5.28. The van der Waals surface area contributed by atoms with Crippen molar-refractivity contribution in [1.29, 1.82) is 0 Å². The summed E-state index contributed by atoms with van der Waals surface area (Å²) in [7, 11) is -4.54. The number of nitrogens with zero attached hydrogens (tertiary/aromatic N) is 1. The number of carbonyl (C=O) groups is 2. The van der Waals surface area contributed by atoms with E-state index in [1.54, 1.807) is 12.1 Å². The number of hydrogen-bond acceptors (Lipinski definition) is 4. The van der Waals surface area contributed by atoms with Crippen molar-refractivity contribution in [3.8, 4) is 11.1 Å². The number of carboxylic acid groups (broad SMARTS) is 1. The average Bonchev–Trinajstić information content (AvgIpc) is 2.72. The lowest BCUT2D eigenvalue weighted by Crippen LogP contribution is -2.46. The van der Waals surface area contributed by atoms with Crippen LogP contribution in [0.15, 0.2) is 47.4 Å². The largest absolute Gasteiger partial charge is 0.465 e. The molecule has 0 radical (unpaired) electrons. The molecule has 0 saturated carbocycles. The van der Waals surface area contributed by atoms with Crippen molar-refractivity contribution in [2.24, 2.45) is 0 Å². The fourth-order valence-corrected chi connectivity index (χ4v) is 5.18. The van der Waals surface area contributed by atoms with E-state index in [4.69, 9.17) is 5.11 Å². The molecule has 1 amide bonds. The molecule has 0 atom stereocenters. The van der Waals surface area contributed by atoms with Gasteiger partial charge in [-0.3, -0.25) is 4.79 Å². The summed E-state index contributed by atoms with van der Waals surface area (Å²) < 4.78 is 69.4. The Kier molecular flexibility index (Phi) is 6.61. The van der Waals surface area contributed by atoms with Gasteiger partial charge in [0.25, 0.3) is 0 Å². The lowest BCUT2D eigenvalue weighted by Gasteiger charge is -2.30. The van der Waals surface area contributed by atoms with Crippen LogP contribution in [0, 0.1) is 0 Å². The highest BCUT2D eigenvalue weighted by Crippen LogP contribution is 2.38. The van der Waals surface area contributed by atoms with Gasteiger partial charge >= 0.3 is 12.3 Å². The second-order valence-corrected chi connectivity index (χ2v) is 9.16. The first-order valence-electron chi connectivity index (χ1n) is 9.72. The molecule has 32 heavy (non-hydrogen) atoms. The molecule has 2 N–H and O–H groups in total. The van der Waals surface area contributed by atoms with Gasteiger partial charge < -0.3 is 10.0 Å². The molecular formula is C21H21F3N2O5S. The van der Waals surface area contributed by atoms with E-state index in [-0.39, 0.29) is 48.4 Å². The van der Waals surface area contributed by atoms with Crippen molar-refractivity contribution >= 4 is 21.9 Å². The van der Waals surface area contributed by atoms with Gasteiger partial charge in [-0.05, 0) is 43.0 Å². The van der Waals surface area contributed by atoms with Gasteiger partial charge in [0.05, 0.1) is 10.5 Å². The number of nitrogens with one attached hydrogen (secondary N) is 1. The Labute approximate surface area is 182 Å². The van der Waals surface area contributed by atoms with Crippen molar-refractivity contribution in [1.82, 2.24) is 9.62 Å². The van der Waals surface area contributed by atoms with Crippen LogP contribution in [0.1, 0.15) is 35.7 Å². The molecule has 2 aromatic carbocycles. The van der Waals surface area contributed by atoms with E-state index in [1.165, 1.54) is 25.1 Å². The maximum absolute atomic E-state index is 13.8. The van der Waals surface area contributed by atoms with Crippen LogP contribution in [0.4, 0.5) is 18.0 Å². The lowest BCUT2D eigenvalue weighted by molar-refractivity contribution is -0.139. The van der Waals surface area contributed by atoms with Crippen LogP contribution in [-0.4, -0.2) is 49.4 Å². The van der Waals surface area contributed by atoms with Crippen LogP contribution in [-0.2, 0) is 16.2 Å². The summed E-state index contributed by atoms with van der Waals surface area (Å²) >= 11 is 0. The van der Waals surface area contributed by atoms with Crippen molar-refractivity contribution in [3.63, 3.8) is 0 Å². The zero-order valence-corrected chi connectivity index (χ0v) is 17.8. The molecule has 172 valence electrons. The Balaban J connectivity index is 1.97. The molecule has 0 bridgehead atoms. The van der Waals surface area contributed by atoms with Crippen molar-refractivity contribution in [2.45, 2.75) is 36.9 Å². The first-order valence-corrected chi connectivity index (χ1v) is 11.2. The van der Waals surface area contributed by atoms with Crippen LogP contribution in [0.3, 0.4) is 0 Å². The fourth-order valence-electron chi connectivity index (χ4n) is 3.67. The second kappa shape index (κ2) is 8.91. The number of sulfonamides is 1. The predicted molar refractivity (Wildman–Crippen MR) is 110 cm³/mol. The maximum atomic E-state index is 13.8. The molecule has 3 rings (SSSR count). The Hall–Kier alpha value is -2.92. The molecule has 7 nitrogen and oxygen atoms in total. The Morgan fingerprint density at radius 2 is 1.72 bits per heavy atom. The van der Waals surface area contributed by atoms with E-state index in [0.29, 0.717) is 0 Å². The Morgan fingerprint density at radius 3 is 2.28 bits per heavy atom. The predicted octanol–water partition coefficient (Wildman–Crippen LogP) is 4.00. The third kappa shape index (κ3) is 5.10. The van der Waals surface area contributed by atoms with Crippen LogP contribution in [0.25, 0.3) is 11.1 Å². The summed E-state index contributed by atoms with van der Waals surface area (Å²) in [5.74, 6) is -0.333. The van der Waals surface area contributed by atoms with Gasteiger partial charge in [0, 0.05) is 24.7 Å². The molecular weight excluding hydrogens is 449 g/mol. The molecule has 0 aromatic heterocycles. The third-order valence-corrected chi connectivity index (χ3v) is 6.86. The van der Waals surface area contributed by atoms with Gasteiger partial charge in [-0.15, -0.1) is 0 Å². The topological polar surface area (TPSA) is 104 Å². The highest BCUT2D eigenvalue weighted by atomic mass is 32.2. The van der Waals surface area contributed by atoms with E-state index in [9.17, 15) is 31.2 Å². The van der Waals surface area contributed by atoms with Crippen LogP contribution in [0.5, 0.6) is 0 Å². The molecule has 2 aromatic rings. The SMILES string of the molecule is CC(=O)c1ccccc1-c1ccc(S(=O)(=O)NC2CCN(C(=O)O)CC2)c(C(F)(F)F)c1. The summed E-state index contributed by atoms with van der Waals surface area (Å²) in [5.41, 5.74) is -0.788. The number of alkyl halides is 3. The summed E-state index contributed by atoms with van der Waals surface area (Å²) in [6, 6.07) is 8.30. The van der Waals surface area contributed by atoms with E-state index in [1.807, 2.05) is 0 Å². The zero-order chi connectivity index (χ0) is 23.7. The Bertz CT molecular complexity index is 1140. The minimum absolute atomic E-state index is 0.0665. The van der Waals surface area contributed by atoms with Crippen molar-refractivity contribution < 1.29 is 36.3 Å². The first kappa shape index (κ1) is 23.7. The summed E-state index contributed by atoms with van der Waals surface area (Å²) in [6.45, 7) is 1.45. The smallest absolute Gasteiger partial charge is 0.417 e. The second-order valence-electron chi connectivity index (χ2n) is 7.48. The zero-order valence-electron chi connectivity index (χ0n) is 17.0. The molecule has 11 heteroatoms. The number of rotatable bonds is 5. The van der Waals surface area contributed by atoms with Gasteiger partial charge in [-0.25, -0.2) is 17.9 Å². The number of Topliss-reactive ketones (excluding diaryl/α,β-unsaturated/α-hetero) is 1. The van der Waals surface area contributed by atoms with E-state index in [2.05, 4.69) is 4.72 Å². The molecule has 1 saturated heterocycles. The standard InChI is InChI=1S/C21H21F3N2O5S/c1-13(27)16-4-2-3-5-17(16)14-6-7-19(18(12-14)21(22,23)24)32(30,31)25-15-8-10-26(11-9-15)20(28)29/h2-7,12,15,25H,8-11H2,1H3,(H,28,29). The molecule has 1 fully saturated rings. The number of carbonyl (C=O) groups excluding carboxylic acids is 1. The van der Waals surface area contributed by atoms with Crippen LogP contribution >= 0.6 is 0 Å². The van der Waals surface area contributed by atoms with E-state index >= 15 is 0 Å². The monoisotopic (exact) mass is 470 g/mol. The minimum Gasteiger partial charge on any atom is -0.465 e. The van der Waals surface area contributed by atoms with Gasteiger partial charge in [0.15, 0.2) is 5.78 Å². The Morgan fingerprint density at radius 1 is 1.09 bits per heavy atom. The van der Waals surface area contributed by atoms with Gasteiger partial charge in [0.2, 0.25) is 10.0 Å². The highest BCUT2D eigenvalue weighted by molar-refractivity contribution is 7.89. The molecule has 0 aliphatic carbocycles.